The van der Waals surface area contributed by atoms with E-state index in [1.54, 1.807) is 24.5 Å². The molecule has 0 spiro atoms. The Bertz CT molecular complexity index is 2610. The minimum absolute atomic E-state index is 0.0700. The van der Waals surface area contributed by atoms with Crippen molar-refractivity contribution in [2.45, 2.75) is 70.1 Å². The summed E-state index contributed by atoms with van der Waals surface area (Å²) in [6, 6.07) is 18.8. The second-order valence-corrected chi connectivity index (χ2v) is 17.4. The van der Waals surface area contributed by atoms with Gasteiger partial charge in [-0.25, -0.2) is 19.9 Å². The predicted octanol–water partition coefficient (Wildman–Crippen LogP) is 3.72. The number of benzene rings is 2. The molecule has 3 aromatic heterocycles. The molecule has 1 atom stereocenters. The average Bonchev–Trinajstić information content (AvgIpc) is 3.82. The maximum atomic E-state index is 13.4. The molecule has 5 aromatic rings. The molecule has 17 nitrogen and oxygen atoms in total. The Balaban J connectivity index is 0.680. The van der Waals surface area contributed by atoms with Crippen LogP contribution in [-0.2, 0) is 16.1 Å². The molecule has 1 aliphatic carbocycles. The van der Waals surface area contributed by atoms with Gasteiger partial charge < -0.3 is 25.0 Å². The first-order chi connectivity index (χ1) is 30.6. The summed E-state index contributed by atoms with van der Waals surface area (Å²) in [5.74, 6) is -0.829. The van der Waals surface area contributed by atoms with Crippen LogP contribution in [0.2, 0.25) is 0 Å². The number of nitrogens with zero attached hydrogens (tertiary/aromatic N) is 9. The Kier molecular flexibility index (Phi) is 10.8. The number of aromatic nitrogens is 5. The Hall–Kier alpha value is -6.75. The van der Waals surface area contributed by atoms with Gasteiger partial charge in [0.1, 0.15) is 23.6 Å². The zero-order valence-electron chi connectivity index (χ0n) is 35.2. The van der Waals surface area contributed by atoms with E-state index in [2.05, 4.69) is 74.4 Å². The van der Waals surface area contributed by atoms with Crippen LogP contribution in [-0.4, -0.2) is 122 Å². The molecule has 4 aliphatic heterocycles. The van der Waals surface area contributed by atoms with Crippen molar-refractivity contribution < 1.29 is 24.0 Å². The fourth-order valence-corrected chi connectivity index (χ4v) is 9.74. The number of hydrogen-bond acceptors (Lipinski definition) is 13. The lowest BCUT2D eigenvalue weighted by molar-refractivity contribution is -0.136. The van der Waals surface area contributed by atoms with Gasteiger partial charge in [-0.2, -0.15) is 0 Å². The van der Waals surface area contributed by atoms with Crippen molar-refractivity contribution >= 4 is 57.9 Å². The number of fused-ring (bicyclic) bond motifs is 2. The van der Waals surface area contributed by atoms with E-state index < -0.39 is 23.8 Å². The van der Waals surface area contributed by atoms with E-state index in [4.69, 9.17) is 4.98 Å². The van der Waals surface area contributed by atoms with E-state index in [0.717, 1.165) is 105 Å². The van der Waals surface area contributed by atoms with Gasteiger partial charge in [-0.3, -0.25) is 39.1 Å². The van der Waals surface area contributed by atoms with Crippen LogP contribution in [0.5, 0.6) is 0 Å². The molecule has 1 saturated carbocycles. The monoisotopic (exact) mass is 850 g/mol. The van der Waals surface area contributed by atoms with Crippen molar-refractivity contribution in [2.75, 3.05) is 60.9 Å². The molecule has 0 unspecified atom stereocenters. The van der Waals surface area contributed by atoms with Crippen molar-refractivity contribution in [3.63, 3.8) is 0 Å². The zero-order chi connectivity index (χ0) is 43.2. The van der Waals surface area contributed by atoms with Crippen LogP contribution in [0, 0.1) is 12.8 Å². The highest BCUT2D eigenvalue weighted by molar-refractivity contribution is 6.23. The van der Waals surface area contributed by atoms with Gasteiger partial charge in [0, 0.05) is 87.9 Å². The maximum absolute atomic E-state index is 13.4. The third-order valence-electron chi connectivity index (χ3n) is 13.3. The van der Waals surface area contributed by atoms with Gasteiger partial charge in [0.2, 0.25) is 11.8 Å². The topological polar surface area (TPSA) is 191 Å². The first-order valence-electron chi connectivity index (χ1n) is 22.0. The quantitative estimate of drug-likeness (QED) is 0.163. The number of nitrogens with one attached hydrogen (secondary N) is 3. The van der Waals surface area contributed by atoms with Gasteiger partial charge in [-0.1, -0.05) is 18.2 Å². The highest BCUT2D eigenvalue weighted by Gasteiger charge is 2.45. The summed E-state index contributed by atoms with van der Waals surface area (Å²) in [4.78, 5) is 89.8. The van der Waals surface area contributed by atoms with Gasteiger partial charge >= 0.3 is 0 Å². The lowest BCUT2D eigenvalue weighted by atomic mass is 9.86. The van der Waals surface area contributed by atoms with E-state index in [0.29, 0.717) is 35.1 Å². The van der Waals surface area contributed by atoms with Crippen LogP contribution >= 0.6 is 0 Å². The van der Waals surface area contributed by atoms with Crippen molar-refractivity contribution in [3.05, 3.63) is 101 Å². The molecule has 17 heteroatoms. The van der Waals surface area contributed by atoms with Crippen LogP contribution in [0.4, 0.5) is 17.2 Å². The molecule has 63 heavy (non-hydrogen) atoms. The van der Waals surface area contributed by atoms with Crippen LogP contribution in [0.1, 0.15) is 87.0 Å². The molecule has 10 rings (SSSR count). The summed E-state index contributed by atoms with van der Waals surface area (Å²) >= 11 is 0. The summed E-state index contributed by atoms with van der Waals surface area (Å²) in [6.45, 7) is 9.13. The molecule has 3 N–H and O–H groups in total. The standard InChI is InChI=1S/C46H50N12O5/c1-28-4-2-7-37(51-28)43(60)52-31-21-34(22-31)57-27-50-40-41(48-26-49-42(40)57)47-24-30-5-3-6-32(20-30)56-18-16-54(17-19-56)25-29-12-14-55(15-13-29)33-8-9-35-36(23-33)46(63)58(45(35)62)38-10-11-39(59)53-44(38)61/h2-9,20,23,26-27,29,31,34,38H,10-19,21-22,24-25H2,1H3,(H,52,60)(H,47,48,49)(H,53,59,61)/t31?,34?,38-/m0/s1. The molecule has 7 heterocycles. The van der Waals surface area contributed by atoms with Gasteiger partial charge in [0.25, 0.3) is 17.7 Å². The number of piperidine rings is 2. The molecular weight excluding hydrogens is 801 g/mol. The number of amides is 5. The van der Waals surface area contributed by atoms with E-state index in [-0.39, 0.29) is 36.7 Å². The fraction of sp³-hybridized carbons (Fsp3) is 0.413. The number of aryl methyl sites for hydroxylation is 1. The van der Waals surface area contributed by atoms with Gasteiger partial charge in [-0.05, 0) is 93.0 Å². The summed E-state index contributed by atoms with van der Waals surface area (Å²) in [5, 5.41) is 8.86. The number of hydrogen-bond donors (Lipinski definition) is 3. The Morgan fingerprint density at radius 1 is 0.810 bits per heavy atom. The van der Waals surface area contributed by atoms with Crippen LogP contribution < -0.4 is 25.8 Å². The normalized spacial score (nSPS) is 22.0. The zero-order valence-corrected chi connectivity index (χ0v) is 35.2. The van der Waals surface area contributed by atoms with Gasteiger partial charge in [0.05, 0.1) is 17.5 Å². The van der Waals surface area contributed by atoms with Crippen molar-refractivity contribution in [1.29, 1.82) is 0 Å². The Morgan fingerprint density at radius 2 is 1.57 bits per heavy atom. The van der Waals surface area contributed by atoms with Gasteiger partial charge in [-0.15, -0.1) is 0 Å². The lowest BCUT2D eigenvalue weighted by Gasteiger charge is -2.40. The van der Waals surface area contributed by atoms with E-state index in [9.17, 15) is 24.0 Å². The minimum atomic E-state index is -0.967. The van der Waals surface area contributed by atoms with Gasteiger partial charge in [0.15, 0.2) is 11.5 Å². The molecule has 2 aromatic carbocycles. The highest BCUT2D eigenvalue weighted by Crippen LogP contribution is 2.36. The molecular formula is C46H50N12O5. The number of carbonyl (C=O) groups is 5. The number of pyridine rings is 1. The summed E-state index contributed by atoms with van der Waals surface area (Å²) < 4.78 is 2.09. The number of carbonyl (C=O) groups excluding carboxylic acids is 5. The SMILES string of the molecule is Cc1cccc(C(=O)NC2CC(n3cnc4c(NCc5cccc(N6CCN(CC7CCN(c8ccc9c(c8)C(=O)N([C@H]8CCC(=O)NC8=O)C9=O)CC7)CC6)c5)ncnc43)C2)n1. The molecule has 0 bridgehead atoms. The molecule has 5 aliphatic rings. The molecule has 3 saturated heterocycles. The third-order valence-corrected chi connectivity index (χ3v) is 13.3. The Labute approximate surface area is 364 Å². The molecule has 324 valence electrons. The van der Waals surface area contributed by atoms with Crippen LogP contribution in [0.25, 0.3) is 11.2 Å². The van der Waals surface area contributed by atoms with Crippen molar-refractivity contribution in [1.82, 2.24) is 44.9 Å². The third kappa shape index (κ3) is 8.08. The van der Waals surface area contributed by atoms with Crippen LogP contribution in [0.3, 0.4) is 0 Å². The summed E-state index contributed by atoms with van der Waals surface area (Å²) in [6.07, 6.45) is 7.30. The van der Waals surface area contributed by atoms with Crippen molar-refractivity contribution in [2.24, 2.45) is 5.92 Å². The minimum Gasteiger partial charge on any atom is -0.371 e. The van der Waals surface area contributed by atoms with E-state index >= 15 is 0 Å². The largest absolute Gasteiger partial charge is 0.371 e. The lowest BCUT2D eigenvalue weighted by Crippen LogP contribution is -2.54. The average molecular weight is 851 g/mol. The first kappa shape index (κ1) is 40.3. The summed E-state index contributed by atoms with van der Waals surface area (Å²) in [5.41, 5.74) is 6.65. The number of rotatable bonds is 11. The second-order valence-electron chi connectivity index (χ2n) is 17.4. The highest BCUT2D eigenvalue weighted by atomic mass is 16.2. The predicted molar refractivity (Wildman–Crippen MR) is 234 cm³/mol. The molecule has 0 radical (unpaired) electrons. The second kappa shape index (κ2) is 16.8. The molecule has 4 fully saturated rings. The number of piperazine rings is 1. The summed E-state index contributed by atoms with van der Waals surface area (Å²) in [7, 11) is 0. The van der Waals surface area contributed by atoms with Crippen molar-refractivity contribution in [3.8, 4) is 0 Å². The first-order valence-corrected chi connectivity index (χ1v) is 22.0. The van der Waals surface area contributed by atoms with E-state index in [1.807, 2.05) is 31.5 Å². The fourth-order valence-electron chi connectivity index (χ4n) is 9.74. The number of imide groups is 2. The Morgan fingerprint density at radius 3 is 2.37 bits per heavy atom. The molecule has 5 amide bonds. The van der Waals surface area contributed by atoms with Crippen LogP contribution in [0.15, 0.2) is 73.3 Å². The maximum Gasteiger partial charge on any atom is 0.270 e. The smallest absolute Gasteiger partial charge is 0.270 e. The van der Waals surface area contributed by atoms with E-state index in [1.165, 1.54) is 5.69 Å². The number of anilines is 3. The number of imidazole rings is 1.